The van der Waals surface area contributed by atoms with Crippen molar-refractivity contribution < 1.29 is 57.1 Å². The van der Waals surface area contributed by atoms with Crippen LogP contribution in [0.4, 0.5) is 57.1 Å². The topological polar surface area (TPSA) is 0 Å². The molecule has 0 aliphatic rings. The standard InChI is InChI=1S/C14H6F13I/c15-9(16,6-8(28)7-4-2-1-3-5-7)10(17,18)11(19,20)12(21,22)13(23,24)14(25,26)27/h1-6H/b8-6-. The zero-order chi connectivity index (χ0) is 22.4. The van der Waals surface area contributed by atoms with Gasteiger partial charge in [-0.3, -0.25) is 0 Å². The van der Waals surface area contributed by atoms with Crippen LogP contribution >= 0.6 is 22.6 Å². The molecular weight excluding hydrogens is 542 g/mol. The highest BCUT2D eigenvalue weighted by molar-refractivity contribution is 14.1. The Morgan fingerprint density at radius 3 is 1.39 bits per heavy atom. The summed E-state index contributed by atoms with van der Waals surface area (Å²) >= 11 is 0.938. The second-order valence-electron chi connectivity index (χ2n) is 5.28. The zero-order valence-electron chi connectivity index (χ0n) is 12.8. The third-order valence-electron chi connectivity index (χ3n) is 3.32. The minimum absolute atomic E-state index is 0.269. The third kappa shape index (κ3) is 3.79. The van der Waals surface area contributed by atoms with E-state index in [4.69, 9.17) is 0 Å². The van der Waals surface area contributed by atoms with Crippen LogP contribution in [0.5, 0.6) is 0 Å². The molecule has 1 aromatic carbocycles. The van der Waals surface area contributed by atoms with Gasteiger partial charge in [0.2, 0.25) is 0 Å². The quantitative estimate of drug-likeness (QED) is 0.261. The summed E-state index contributed by atoms with van der Waals surface area (Å²) in [6, 6.07) is 5.79. The van der Waals surface area contributed by atoms with Crippen molar-refractivity contribution in [2.45, 2.75) is 35.8 Å². The first kappa shape index (κ1) is 24.8. The van der Waals surface area contributed by atoms with Crippen LogP contribution in [0.15, 0.2) is 36.4 Å². The average molecular weight is 548 g/mol. The fraction of sp³-hybridized carbons (Fsp3) is 0.429. The van der Waals surface area contributed by atoms with Crippen molar-refractivity contribution in [3.05, 3.63) is 42.0 Å². The maximum Gasteiger partial charge on any atom is 0.460 e. The summed E-state index contributed by atoms with van der Waals surface area (Å²) < 4.78 is 168. The molecule has 0 atom stereocenters. The molecule has 160 valence electrons. The van der Waals surface area contributed by atoms with Crippen molar-refractivity contribution in [2.24, 2.45) is 0 Å². The van der Waals surface area contributed by atoms with E-state index in [1.807, 2.05) is 0 Å². The molecule has 14 heteroatoms. The van der Waals surface area contributed by atoms with Gasteiger partial charge < -0.3 is 0 Å². The lowest BCUT2D eigenvalue weighted by molar-refractivity contribution is -0.436. The number of alkyl halides is 13. The predicted molar refractivity (Wildman–Crippen MR) is 79.2 cm³/mol. The molecule has 0 nitrogen and oxygen atoms in total. The van der Waals surface area contributed by atoms with Crippen LogP contribution in [-0.4, -0.2) is 35.8 Å². The van der Waals surface area contributed by atoms with Gasteiger partial charge in [-0.05, 0) is 28.2 Å². The molecular formula is C14H6F13I. The van der Waals surface area contributed by atoms with E-state index < -0.39 is 45.4 Å². The minimum atomic E-state index is -7.89. The van der Waals surface area contributed by atoms with Crippen LogP contribution in [0.25, 0.3) is 3.58 Å². The van der Waals surface area contributed by atoms with Gasteiger partial charge in [0.05, 0.1) is 0 Å². The van der Waals surface area contributed by atoms with E-state index in [2.05, 4.69) is 0 Å². The second-order valence-corrected chi connectivity index (χ2v) is 6.44. The lowest BCUT2D eigenvalue weighted by Crippen LogP contribution is -2.69. The number of hydrogen-bond acceptors (Lipinski definition) is 0. The van der Waals surface area contributed by atoms with Gasteiger partial charge in [-0.2, -0.15) is 57.1 Å². The van der Waals surface area contributed by atoms with Crippen LogP contribution in [0.1, 0.15) is 5.56 Å². The molecule has 0 saturated heterocycles. The van der Waals surface area contributed by atoms with Gasteiger partial charge in [-0.15, -0.1) is 0 Å². The first-order valence-electron chi connectivity index (χ1n) is 6.63. The molecule has 0 aromatic heterocycles. The normalized spacial score (nSPS) is 15.7. The molecule has 0 aliphatic heterocycles. The van der Waals surface area contributed by atoms with Crippen molar-refractivity contribution in [1.82, 2.24) is 0 Å². The Balaban J connectivity index is 3.49. The second kappa shape index (κ2) is 7.23. The largest absolute Gasteiger partial charge is 0.460 e. The number of allylic oxidation sites excluding steroid dienone is 1. The molecule has 1 aromatic rings. The Morgan fingerprint density at radius 2 is 1.00 bits per heavy atom. The van der Waals surface area contributed by atoms with Gasteiger partial charge >= 0.3 is 35.8 Å². The average Bonchev–Trinajstić information content (AvgIpc) is 2.53. The maximum absolute atomic E-state index is 13.7. The molecule has 0 aliphatic carbocycles. The van der Waals surface area contributed by atoms with Gasteiger partial charge in [0.25, 0.3) is 0 Å². The van der Waals surface area contributed by atoms with E-state index in [0.717, 1.165) is 34.7 Å². The predicted octanol–water partition coefficient (Wildman–Crippen LogP) is 7.20. The third-order valence-corrected chi connectivity index (χ3v) is 4.25. The molecule has 0 heterocycles. The maximum atomic E-state index is 13.7. The van der Waals surface area contributed by atoms with E-state index in [1.54, 1.807) is 0 Å². The van der Waals surface area contributed by atoms with Crippen LogP contribution in [-0.2, 0) is 0 Å². The summed E-state index contributed by atoms with van der Waals surface area (Å²) in [5, 5.41) is 0. The Hall–Kier alpha value is -1.22. The summed E-state index contributed by atoms with van der Waals surface area (Å²) in [7, 11) is 0. The molecule has 0 fully saturated rings. The molecule has 0 saturated carbocycles. The Labute approximate surface area is 161 Å². The highest BCUT2D eigenvalue weighted by Gasteiger charge is 2.90. The van der Waals surface area contributed by atoms with E-state index in [9.17, 15) is 57.1 Å². The fourth-order valence-electron chi connectivity index (χ4n) is 1.71. The number of halogens is 14. The van der Waals surface area contributed by atoms with Gasteiger partial charge in [-0.25, -0.2) is 0 Å². The molecule has 0 amide bonds. The van der Waals surface area contributed by atoms with Crippen molar-refractivity contribution >= 4 is 26.2 Å². The Bertz CT molecular complexity index is 719. The van der Waals surface area contributed by atoms with Gasteiger partial charge in [0, 0.05) is 9.66 Å². The van der Waals surface area contributed by atoms with E-state index in [0.29, 0.717) is 0 Å². The van der Waals surface area contributed by atoms with Crippen LogP contribution in [0.2, 0.25) is 0 Å². The monoisotopic (exact) mass is 548 g/mol. The van der Waals surface area contributed by atoms with Gasteiger partial charge in [0.15, 0.2) is 0 Å². The fourth-order valence-corrected chi connectivity index (χ4v) is 2.46. The molecule has 28 heavy (non-hydrogen) atoms. The van der Waals surface area contributed by atoms with Gasteiger partial charge in [-0.1, -0.05) is 30.3 Å². The summed E-state index contributed by atoms with van der Waals surface area (Å²) in [4.78, 5) is 0. The van der Waals surface area contributed by atoms with Crippen molar-refractivity contribution in [1.29, 1.82) is 0 Å². The molecule has 0 N–H and O–H groups in total. The van der Waals surface area contributed by atoms with Crippen LogP contribution in [0, 0.1) is 0 Å². The lowest BCUT2D eigenvalue weighted by Gasteiger charge is -2.39. The number of benzene rings is 1. The Kier molecular flexibility index (Phi) is 6.41. The van der Waals surface area contributed by atoms with Crippen molar-refractivity contribution in [3.63, 3.8) is 0 Å². The zero-order valence-corrected chi connectivity index (χ0v) is 14.9. The molecule has 0 unspecified atom stereocenters. The molecule has 0 spiro atoms. The van der Waals surface area contributed by atoms with E-state index in [-0.39, 0.29) is 5.56 Å². The highest BCUT2D eigenvalue weighted by atomic mass is 127. The van der Waals surface area contributed by atoms with Crippen molar-refractivity contribution in [3.8, 4) is 0 Å². The smallest absolute Gasteiger partial charge is 0.195 e. The Morgan fingerprint density at radius 1 is 0.607 bits per heavy atom. The van der Waals surface area contributed by atoms with Crippen LogP contribution < -0.4 is 0 Å². The molecule has 1 rings (SSSR count). The SMILES string of the molecule is FC(F)(F)C(F)(F)C(F)(F)C(F)(F)C(F)(F)C(F)(F)/C=C(\I)c1ccccc1. The van der Waals surface area contributed by atoms with E-state index >= 15 is 0 Å². The minimum Gasteiger partial charge on any atom is -0.195 e. The summed E-state index contributed by atoms with van der Waals surface area (Å²) in [6.07, 6.45) is -8.35. The first-order chi connectivity index (χ1) is 12.2. The molecule has 0 radical (unpaired) electrons. The first-order valence-corrected chi connectivity index (χ1v) is 7.71. The lowest BCUT2D eigenvalue weighted by atomic mass is 9.93. The van der Waals surface area contributed by atoms with Crippen molar-refractivity contribution in [2.75, 3.05) is 0 Å². The highest BCUT2D eigenvalue weighted by Crippen LogP contribution is 2.60. The van der Waals surface area contributed by atoms with Gasteiger partial charge in [0.1, 0.15) is 0 Å². The molecule has 0 bridgehead atoms. The van der Waals surface area contributed by atoms with Crippen LogP contribution in [0.3, 0.4) is 0 Å². The van der Waals surface area contributed by atoms with E-state index in [1.165, 1.54) is 18.2 Å². The summed E-state index contributed by atoms with van der Waals surface area (Å²) in [5.41, 5.74) is -0.269. The number of hydrogen-bond donors (Lipinski definition) is 0. The summed E-state index contributed by atoms with van der Waals surface area (Å²) in [5.74, 6) is -36.9. The number of rotatable bonds is 6. The summed E-state index contributed by atoms with van der Waals surface area (Å²) in [6.45, 7) is 0.